The number of hydrogen-bond donors (Lipinski definition) is 1. The van der Waals surface area contributed by atoms with E-state index in [2.05, 4.69) is 10.2 Å². The van der Waals surface area contributed by atoms with E-state index >= 15 is 0 Å². The zero-order valence-corrected chi connectivity index (χ0v) is 20.8. The number of ketones is 1. The predicted molar refractivity (Wildman–Crippen MR) is 138 cm³/mol. The van der Waals surface area contributed by atoms with Crippen molar-refractivity contribution in [3.05, 3.63) is 111 Å². The van der Waals surface area contributed by atoms with E-state index in [0.717, 1.165) is 22.5 Å². The van der Waals surface area contributed by atoms with Crippen LogP contribution in [0, 0.1) is 19.7 Å². The SMILES string of the molecule is Cc1nnc(N2C(=O)C(=O)/C(=C(/O)c3ccc(OCc4ccccc4C)cc3)[C@H]2c2ccc(F)cc2)s1. The molecule has 0 spiro atoms. The molecule has 1 aliphatic rings. The minimum Gasteiger partial charge on any atom is -0.507 e. The number of aliphatic hydroxyl groups is 1. The Balaban J connectivity index is 1.50. The Morgan fingerprint density at radius 2 is 1.70 bits per heavy atom. The summed E-state index contributed by atoms with van der Waals surface area (Å²) in [6, 6.07) is 18.9. The largest absolute Gasteiger partial charge is 0.507 e. The maximum Gasteiger partial charge on any atom is 0.301 e. The van der Waals surface area contributed by atoms with Gasteiger partial charge in [0.1, 0.15) is 28.9 Å². The number of anilines is 1. The number of amides is 1. The molecule has 2 heterocycles. The van der Waals surface area contributed by atoms with Crippen molar-refractivity contribution >= 4 is 33.9 Å². The average molecular weight is 516 g/mol. The first-order valence-corrected chi connectivity index (χ1v) is 12.3. The fourth-order valence-electron chi connectivity index (χ4n) is 4.17. The number of ether oxygens (including phenoxy) is 1. The van der Waals surface area contributed by atoms with Crippen molar-refractivity contribution < 1.29 is 23.8 Å². The van der Waals surface area contributed by atoms with Crippen molar-refractivity contribution in [3.63, 3.8) is 0 Å². The van der Waals surface area contributed by atoms with Crippen molar-refractivity contribution in [1.29, 1.82) is 0 Å². The highest BCUT2D eigenvalue weighted by atomic mass is 32.1. The minimum atomic E-state index is -0.995. The second-order valence-electron chi connectivity index (χ2n) is 8.56. The van der Waals surface area contributed by atoms with Gasteiger partial charge in [0.15, 0.2) is 0 Å². The van der Waals surface area contributed by atoms with Gasteiger partial charge in [0, 0.05) is 5.56 Å². The number of benzene rings is 3. The molecule has 0 unspecified atom stereocenters. The molecule has 1 atom stereocenters. The summed E-state index contributed by atoms with van der Waals surface area (Å²) in [6.45, 7) is 4.12. The van der Waals surface area contributed by atoms with Crippen molar-refractivity contribution in [2.75, 3.05) is 4.90 Å². The van der Waals surface area contributed by atoms with Gasteiger partial charge in [0.25, 0.3) is 5.78 Å². The lowest BCUT2D eigenvalue weighted by molar-refractivity contribution is -0.132. The highest BCUT2D eigenvalue weighted by Gasteiger charge is 2.48. The van der Waals surface area contributed by atoms with Crippen molar-refractivity contribution in [1.82, 2.24) is 10.2 Å². The van der Waals surface area contributed by atoms with Gasteiger partial charge in [0.2, 0.25) is 5.13 Å². The molecular weight excluding hydrogens is 493 g/mol. The molecule has 0 saturated carbocycles. The molecule has 1 N–H and O–H groups in total. The third-order valence-electron chi connectivity index (χ3n) is 6.13. The van der Waals surface area contributed by atoms with E-state index in [1.807, 2.05) is 31.2 Å². The maximum atomic E-state index is 13.7. The molecule has 1 aliphatic heterocycles. The smallest absolute Gasteiger partial charge is 0.301 e. The minimum absolute atomic E-state index is 0.113. The lowest BCUT2D eigenvalue weighted by Crippen LogP contribution is -2.29. The van der Waals surface area contributed by atoms with Crippen LogP contribution in [-0.2, 0) is 16.2 Å². The first kappa shape index (κ1) is 24.3. The Hall–Kier alpha value is -4.37. The number of aliphatic hydroxyl groups excluding tert-OH is 1. The maximum absolute atomic E-state index is 13.7. The van der Waals surface area contributed by atoms with E-state index in [0.29, 0.717) is 28.5 Å². The van der Waals surface area contributed by atoms with Crippen molar-refractivity contribution in [2.24, 2.45) is 0 Å². The van der Waals surface area contributed by atoms with Crippen LogP contribution in [-0.4, -0.2) is 27.0 Å². The number of halogens is 1. The molecular formula is C28H22FN3O4S. The van der Waals surface area contributed by atoms with Gasteiger partial charge in [-0.25, -0.2) is 4.39 Å². The summed E-state index contributed by atoms with van der Waals surface area (Å²) >= 11 is 1.14. The van der Waals surface area contributed by atoms with E-state index in [4.69, 9.17) is 4.74 Å². The number of aryl methyl sites for hydroxylation is 2. The summed E-state index contributed by atoms with van der Waals surface area (Å²) in [5, 5.41) is 20.0. The molecule has 0 bridgehead atoms. The fraction of sp³-hybridized carbons (Fsp3) is 0.143. The molecule has 7 nitrogen and oxygen atoms in total. The van der Waals surface area contributed by atoms with Crippen molar-refractivity contribution in [3.8, 4) is 5.75 Å². The topological polar surface area (TPSA) is 92.6 Å². The third kappa shape index (κ3) is 4.73. The first-order valence-electron chi connectivity index (χ1n) is 11.5. The summed E-state index contributed by atoms with van der Waals surface area (Å²) in [5.41, 5.74) is 2.85. The summed E-state index contributed by atoms with van der Waals surface area (Å²) in [6.07, 6.45) is 0. The van der Waals surface area contributed by atoms with E-state index in [1.54, 1.807) is 31.2 Å². The zero-order valence-electron chi connectivity index (χ0n) is 20.0. The lowest BCUT2D eigenvalue weighted by Gasteiger charge is -2.22. The van der Waals surface area contributed by atoms with Gasteiger partial charge in [-0.05, 0) is 66.9 Å². The van der Waals surface area contributed by atoms with Crippen LogP contribution in [0.15, 0.2) is 78.4 Å². The van der Waals surface area contributed by atoms with Gasteiger partial charge < -0.3 is 9.84 Å². The first-order chi connectivity index (χ1) is 17.8. The Bertz CT molecular complexity index is 1510. The second-order valence-corrected chi connectivity index (χ2v) is 9.72. The number of hydrogen-bond acceptors (Lipinski definition) is 7. The number of Topliss-reactive ketones (excluding diaryl/α,β-unsaturated/α-hetero) is 1. The molecule has 1 saturated heterocycles. The summed E-state index contributed by atoms with van der Waals surface area (Å²) in [4.78, 5) is 27.5. The number of aromatic nitrogens is 2. The van der Waals surface area contributed by atoms with Gasteiger partial charge in [-0.3, -0.25) is 14.5 Å². The van der Waals surface area contributed by atoms with Gasteiger partial charge >= 0.3 is 5.91 Å². The molecule has 37 heavy (non-hydrogen) atoms. The van der Waals surface area contributed by atoms with Crippen LogP contribution < -0.4 is 9.64 Å². The van der Waals surface area contributed by atoms with Crippen LogP contribution in [0.3, 0.4) is 0 Å². The number of carbonyl (C=O) groups is 2. The molecule has 1 fully saturated rings. The summed E-state index contributed by atoms with van der Waals surface area (Å²) < 4.78 is 19.5. The number of carbonyl (C=O) groups excluding carboxylic acids is 2. The Morgan fingerprint density at radius 3 is 2.35 bits per heavy atom. The molecule has 5 rings (SSSR count). The molecule has 4 aromatic rings. The Morgan fingerprint density at radius 1 is 1.00 bits per heavy atom. The molecule has 0 radical (unpaired) electrons. The highest BCUT2D eigenvalue weighted by molar-refractivity contribution is 7.15. The van der Waals surface area contributed by atoms with Crippen LogP contribution in [0.1, 0.15) is 33.3 Å². The third-order valence-corrected chi connectivity index (χ3v) is 6.97. The van der Waals surface area contributed by atoms with Gasteiger partial charge in [0.05, 0.1) is 11.6 Å². The van der Waals surface area contributed by atoms with Crippen LogP contribution in [0.5, 0.6) is 5.75 Å². The fourth-order valence-corrected chi connectivity index (χ4v) is 4.89. The van der Waals surface area contributed by atoms with Crippen LogP contribution in [0.4, 0.5) is 9.52 Å². The lowest BCUT2D eigenvalue weighted by atomic mass is 9.95. The van der Waals surface area contributed by atoms with E-state index < -0.39 is 23.5 Å². The standard InChI is InChI=1S/C28H22FN3O4S/c1-16-5-3-4-6-20(16)15-36-22-13-9-19(10-14-22)25(33)23-24(18-7-11-21(29)12-8-18)32(27(35)26(23)34)28-31-30-17(2)37-28/h3-14,24,33H,15H2,1-2H3/b25-23+/t24-/m1/s1. The molecule has 9 heteroatoms. The quantitative estimate of drug-likeness (QED) is 0.207. The molecule has 0 aliphatic carbocycles. The Labute approximate surface area is 216 Å². The summed E-state index contributed by atoms with van der Waals surface area (Å²) in [7, 11) is 0. The monoisotopic (exact) mass is 515 g/mol. The zero-order chi connectivity index (χ0) is 26.1. The van der Waals surface area contributed by atoms with Crippen molar-refractivity contribution in [2.45, 2.75) is 26.5 Å². The molecule has 3 aromatic carbocycles. The van der Waals surface area contributed by atoms with Crippen LogP contribution in [0.25, 0.3) is 5.76 Å². The van der Waals surface area contributed by atoms with Crippen LogP contribution >= 0.6 is 11.3 Å². The second kappa shape index (κ2) is 9.94. The molecule has 1 amide bonds. The summed E-state index contributed by atoms with van der Waals surface area (Å²) in [5.74, 6) is -1.93. The average Bonchev–Trinajstić information content (AvgIpc) is 3.44. The molecule has 186 valence electrons. The Kier molecular flexibility index (Phi) is 6.54. The predicted octanol–water partition coefficient (Wildman–Crippen LogP) is 5.50. The highest BCUT2D eigenvalue weighted by Crippen LogP contribution is 2.43. The molecule has 1 aromatic heterocycles. The number of rotatable bonds is 6. The van der Waals surface area contributed by atoms with Crippen LogP contribution in [0.2, 0.25) is 0 Å². The normalized spacial score (nSPS) is 16.8. The van der Waals surface area contributed by atoms with E-state index in [1.165, 1.54) is 29.2 Å². The van der Waals surface area contributed by atoms with E-state index in [9.17, 15) is 19.1 Å². The van der Waals surface area contributed by atoms with Gasteiger partial charge in [-0.15, -0.1) is 10.2 Å². The van der Waals surface area contributed by atoms with E-state index in [-0.39, 0.29) is 16.5 Å². The van der Waals surface area contributed by atoms with Gasteiger partial charge in [-0.2, -0.15) is 0 Å². The number of nitrogens with zero attached hydrogens (tertiary/aromatic N) is 3. The van der Waals surface area contributed by atoms with Gasteiger partial charge in [-0.1, -0.05) is 47.7 Å².